The van der Waals surface area contributed by atoms with Gasteiger partial charge in [-0.3, -0.25) is 5.10 Å². The Balaban J connectivity index is 1.96. The van der Waals surface area contributed by atoms with Gasteiger partial charge in [0.15, 0.2) is 5.82 Å². The van der Waals surface area contributed by atoms with Gasteiger partial charge in [-0.1, -0.05) is 6.92 Å². The number of H-pyrrole nitrogens is 1. The maximum atomic E-state index is 4.48. The van der Waals surface area contributed by atoms with Gasteiger partial charge in [-0.25, -0.2) is 4.98 Å². The number of aryl methyl sites for hydroxylation is 2. The molecule has 0 aliphatic carbocycles. The van der Waals surface area contributed by atoms with Crippen LogP contribution in [0.15, 0.2) is 6.07 Å². The summed E-state index contributed by atoms with van der Waals surface area (Å²) in [5.74, 6) is 4.23. The second-order valence-corrected chi connectivity index (χ2v) is 6.06. The van der Waals surface area contributed by atoms with E-state index in [1.54, 1.807) is 0 Å². The first kappa shape index (κ1) is 10.4. The third-order valence-electron chi connectivity index (χ3n) is 2.71. The van der Waals surface area contributed by atoms with Gasteiger partial charge >= 0.3 is 0 Å². The Bertz CT molecular complexity index is 478. The SMILES string of the molecule is CCc1nc(-c2cc3c(s2)CCSC3)n[nH]1. The summed E-state index contributed by atoms with van der Waals surface area (Å²) in [5.41, 5.74) is 1.49. The Morgan fingerprint density at radius 3 is 3.19 bits per heavy atom. The summed E-state index contributed by atoms with van der Waals surface area (Å²) in [5, 5.41) is 7.24. The summed E-state index contributed by atoms with van der Waals surface area (Å²) in [6.45, 7) is 2.08. The number of aromatic amines is 1. The van der Waals surface area contributed by atoms with Crippen LogP contribution in [0.4, 0.5) is 0 Å². The molecule has 0 aromatic carbocycles. The van der Waals surface area contributed by atoms with Crippen molar-refractivity contribution in [2.75, 3.05) is 5.75 Å². The Morgan fingerprint density at radius 2 is 2.44 bits per heavy atom. The molecule has 0 amide bonds. The summed E-state index contributed by atoms with van der Waals surface area (Å²) in [6.07, 6.45) is 2.11. The minimum absolute atomic E-state index is 0.862. The molecule has 3 nitrogen and oxygen atoms in total. The molecular formula is C11H13N3S2. The number of rotatable bonds is 2. The molecule has 84 valence electrons. The van der Waals surface area contributed by atoms with Gasteiger partial charge in [0, 0.05) is 17.1 Å². The smallest absolute Gasteiger partial charge is 0.191 e. The number of hydrogen-bond acceptors (Lipinski definition) is 4. The topological polar surface area (TPSA) is 41.6 Å². The Labute approximate surface area is 103 Å². The molecule has 3 rings (SSSR count). The first-order chi connectivity index (χ1) is 7.86. The first-order valence-corrected chi connectivity index (χ1v) is 7.45. The number of aromatic nitrogens is 3. The van der Waals surface area contributed by atoms with Crippen molar-refractivity contribution < 1.29 is 0 Å². The number of thiophene rings is 1. The van der Waals surface area contributed by atoms with Gasteiger partial charge < -0.3 is 0 Å². The average Bonchev–Trinajstić information content (AvgIpc) is 2.95. The van der Waals surface area contributed by atoms with Crippen LogP contribution >= 0.6 is 23.1 Å². The average molecular weight is 251 g/mol. The van der Waals surface area contributed by atoms with Crippen molar-refractivity contribution in [3.63, 3.8) is 0 Å². The number of nitrogens with zero attached hydrogens (tertiary/aromatic N) is 2. The summed E-state index contributed by atoms with van der Waals surface area (Å²) in [7, 11) is 0. The van der Waals surface area contributed by atoms with E-state index in [9.17, 15) is 0 Å². The Hall–Kier alpha value is -0.810. The van der Waals surface area contributed by atoms with Crippen molar-refractivity contribution in [3.05, 3.63) is 22.3 Å². The van der Waals surface area contributed by atoms with E-state index in [2.05, 4.69) is 28.2 Å². The maximum absolute atomic E-state index is 4.48. The van der Waals surface area contributed by atoms with Crippen molar-refractivity contribution in [3.8, 4) is 10.7 Å². The molecule has 0 unspecified atom stereocenters. The van der Waals surface area contributed by atoms with Crippen LogP contribution < -0.4 is 0 Å². The van der Waals surface area contributed by atoms with E-state index >= 15 is 0 Å². The minimum Gasteiger partial charge on any atom is -0.263 e. The predicted octanol–water partition coefficient (Wildman–Crippen LogP) is 2.88. The Morgan fingerprint density at radius 1 is 1.50 bits per heavy atom. The number of fused-ring (bicyclic) bond motifs is 1. The van der Waals surface area contributed by atoms with Gasteiger partial charge in [0.05, 0.1) is 4.88 Å². The number of nitrogens with one attached hydrogen (secondary N) is 1. The molecule has 0 bridgehead atoms. The van der Waals surface area contributed by atoms with Crippen molar-refractivity contribution in [1.29, 1.82) is 0 Å². The monoisotopic (exact) mass is 251 g/mol. The van der Waals surface area contributed by atoms with E-state index in [1.165, 1.54) is 27.5 Å². The second-order valence-electron chi connectivity index (χ2n) is 3.82. The molecule has 0 saturated carbocycles. The molecule has 5 heteroatoms. The van der Waals surface area contributed by atoms with Crippen LogP contribution in [0.2, 0.25) is 0 Å². The quantitative estimate of drug-likeness (QED) is 0.892. The molecule has 2 aromatic rings. The standard InChI is InChI=1S/C11H13N3S2/c1-2-10-12-11(14-13-10)9-5-7-6-15-4-3-8(7)16-9/h5H,2-4,6H2,1H3,(H,12,13,14). The predicted molar refractivity (Wildman–Crippen MR) is 68.9 cm³/mol. The van der Waals surface area contributed by atoms with Crippen LogP contribution in [0.25, 0.3) is 10.7 Å². The van der Waals surface area contributed by atoms with E-state index in [-0.39, 0.29) is 0 Å². The van der Waals surface area contributed by atoms with Crippen LogP contribution in [-0.2, 0) is 18.6 Å². The molecule has 1 aliphatic rings. The molecule has 0 atom stereocenters. The lowest BCUT2D eigenvalue weighted by Crippen LogP contribution is -1.96. The normalized spacial score (nSPS) is 15.1. The van der Waals surface area contributed by atoms with Gasteiger partial charge in [0.25, 0.3) is 0 Å². The van der Waals surface area contributed by atoms with Crippen molar-refractivity contribution >= 4 is 23.1 Å². The van der Waals surface area contributed by atoms with Gasteiger partial charge in [-0.2, -0.15) is 16.9 Å². The van der Waals surface area contributed by atoms with E-state index in [4.69, 9.17) is 0 Å². The summed E-state index contributed by atoms with van der Waals surface area (Å²) in [4.78, 5) is 7.22. The zero-order chi connectivity index (χ0) is 11.0. The fraction of sp³-hybridized carbons (Fsp3) is 0.455. The van der Waals surface area contributed by atoms with Gasteiger partial charge in [-0.15, -0.1) is 11.3 Å². The van der Waals surface area contributed by atoms with Gasteiger partial charge in [0.2, 0.25) is 0 Å². The number of thioether (sulfide) groups is 1. The molecule has 0 saturated heterocycles. The van der Waals surface area contributed by atoms with Crippen molar-refractivity contribution in [2.45, 2.75) is 25.5 Å². The summed E-state index contributed by atoms with van der Waals surface area (Å²) < 4.78 is 0. The van der Waals surface area contributed by atoms with Crippen LogP contribution in [0, 0.1) is 0 Å². The molecule has 3 heterocycles. The zero-order valence-electron chi connectivity index (χ0n) is 9.12. The van der Waals surface area contributed by atoms with Gasteiger partial charge in [-0.05, 0) is 23.8 Å². The van der Waals surface area contributed by atoms with Crippen molar-refractivity contribution in [1.82, 2.24) is 15.2 Å². The molecule has 0 spiro atoms. The van der Waals surface area contributed by atoms with E-state index in [1.807, 2.05) is 23.1 Å². The van der Waals surface area contributed by atoms with E-state index in [0.717, 1.165) is 23.8 Å². The highest BCUT2D eigenvalue weighted by Gasteiger charge is 2.16. The summed E-state index contributed by atoms with van der Waals surface area (Å²) in [6, 6.07) is 2.26. The summed E-state index contributed by atoms with van der Waals surface area (Å²) >= 11 is 3.87. The highest BCUT2D eigenvalue weighted by molar-refractivity contribution is 7.98. The molecule has 0 radical (unpaired) electrons. The minimum atomic E-state index is 0.862. The molecule has 16 heavy (non-hydrogen) atoms. The third-order valence-corrected chi connectivity index (χ3v) is 4.96. The zero-order valence-corrected chi connectivity index (χ0v) is 10.7. The van der Waals surface area contributed by atoms with Crippen LogP contribution in [0.5, 0.6) is 0 Å². The lowest BCUT2D eigenvalue weighted by atomic mass is 10.2. The molecule has 1 N–H and O–H groups in total. The molecule has 2 aromatic heterocycles. The first-order valence-electron chi connectivity index (χ1n) is 5.48. The van der Waals surface area contributed by atoms with Crippen LogP contribution in [-0.4, -0.2) is 20.9 Å². The lowest BCUT2D eigenvalue weighted by molar-refractivity contribution is 0.946. The lowest BCUT2D eigenvalue weighted by Gasteiger charge is -2.08. The Kier molecular flexibility index (Phi) is 2.73. The van der Waals surface area contributed by atoms with Crippen LogP contribution in [0.3, 0.4) is 0 Å². The highest BCUT2D eigenvalue weighted by Crippen LogP contribution is 2.35. The number of hydrogen-bond donors (Lipinski definition) is 1. The molecule has 0 fully saturated rings. The maximum Gasteiger partial charge on any atom is 0.191 e. The van der Waals surface area contributed by atoms with E-state index in [0.29, 0.717) is 0 Å². The van der Waals surface area contributed by atoms with E-state index < -0.39 is 0 Å². The van der Waals surface area contributed by atoms with Crippen LogP contribution in [0.1, 0.15) is 23.2 Å². The fourth-order valence-electron chi connectivity index (χ4n) is 1.82. The molecular weight excluding hydrogens is 238 g/mol. The second kappa shape index (κ2) is 4.22. The third kappa shape index (κ3) is 1.78. The van der Waals surface area contributed by atoms with Gasteiger partial charge in [0.1, 0.15) is 5.82 Å². The van der Waals surface area contributed by atoms with Crippen molar-refractivity contribution in [2.24, 2.45) is 0 Å². The largest absolute Gasteiger partial charge is 0.263 e. The fourth-order valence-corrected chi connectivity index (χ4v) is 4.13. The highest BCUT2D eigenvalue weighted by atomic mass is 32.2. The molecule has 1 aliphatic heterocycles.